The van der Waals surface area contributed by atoms with E-state index in [1.54, 1.807) is 18.5 Å². The highest BCUT2D eigenvalue weighted by Crippen LogP contribution is 2.23. The van der Waals surface area contributed by atoms with Gasteiger partial charge in [0.1, 0.15) is 0 Å². The van der Waals surface area contributed by atoms with E-state index in [9.17, 15) is 22.0 Å². The first-order valence-corrected chi connectivity index (χ1v) is 9.58. The number of hydrogen-bond donors (Lipinski definition) is 2. The number of nitrogens with one attached hydrogen (secondary N) is 2. The highest BCUT2D eigenvalue weighted by Gasteiger charge is 2.19. The highest BCUT2D eigenvalue weighted by atomic mass is 32.2. The molecule has 0 saturated carbocycles. The Bertz CT molecular complexity index is 1090. The van der Waals surface area contributed by atoms with E-state index in [2.05, 4.69) is 15.6 Å². The number of nitrogens with zero attached hydrogens (tertiary/aromatic N) is 1. The van der Waals surface area contributed by atoms with Crippen molar-refractivity contribution in [3.63, 3.8) is 0 Å². The van der Waals surface area contributed by atoms with Gasteiger partial charge in [-0.1, -0.05) is 6.07 Å². The third-order valence-corrected chi connectivity index (χ3v) is 5.57. The van der Waals surface area contributed by atoms with Gasteiger partial charge in [0, 0.05) is 24.6 Å². The number of benzene rings is 2. The summed E-state index contributed by atoms with van der Waals surface area (Å²) in [5, 5.41) is 5.22. The third-order valence-electron chi connectivity index (χ3n) is 3.80. The number of sulfone groups is 1. The van der Waals surface area contributed by atoms with Crippen LogP contribution in [0, 0.1) is 11.6 Å². The van der Waals surface area contributed by atoms with Gasteiger partial charge in [0.25, 0.3) is 0 Å². The van der Waals surface area contributed by atoms with E-state index in [0.717, 1.165) is 17.7 Å². The van der Waals surface area contributed by atoms with E-state index < -0.39 is 27.5 Å². The minimum atomic E-state index is -4.01. The molecule has 3 aromatic rings. The number of urea groups is 1. The maximum Gasteiger partial charge on any atom is 0.319 e. The molecule has 0 aliphatic carbocycles. The van der Waals surface area contributed by atoms with Crippen LogP contribution in [0.15, 0.2) is 76.8 Å². The van der Waals surface area contributed by atoms with Gasteiger partial charge >= 0.3 is 6.03 Å². The molecule has 1 aromatic heterocycles. The predicted octanol–water partition coefficient (Wildman–Crippen LogP) is 3.51. The minimum Gasteiger partial charge on any atom is -0.334 e. The van der Waals surface area contributed by atoms with Gasteiger partial charge in [-0.05, 0) is 54.1 Å². The zero-order valence-corrected chi connectivity index (χ0v) is 15.2. The average molecular weight is 403 g/mol. The van der Waals surface area contributed by atoms with Crippen molar-refractivity contribution in [2.24, 2.45) is 0 Å². The molecule has 28 heavy (non-hydrogen) atoms. The number of carbonyl (C=O) groups is 1. The van der Waals surface area contributed by atoms with Crippen LogP contribution in [0.3, 0.4) is 0 Å². The normalized spacial score (nSPS) is 11.1. The molecule has 0 radical (unpaired) electrons. The molecule has 2 N–H and O–H groups in total. The molecule has 0 atom stereocenters. The molecule has 0 bridgehead atoms. The molecule has 9 heteroatoms. The van der Waals surface area contributed by atoms with E-state index in [-0.39, 0.29) is 16.3 Å². The predicted molar refractivity (Wildman–Crippen MR) is 98.3 cm³/mol. The van der Waals surface area contributed by atoms with Crippen LogP contribution in [-0.2, 0) is 16.4 Å². The van der Waals surface area contributed by atoms with Crippen molar-refractivity contribution in [3.05, 3.63) is 84.2 Å². The number of amides is 2. The Balaban J connectivity index is 1.67. The summed E-state index contributed by atoms with van der Waals surface area (Å²) in [6.07, 6.45) is 3.25. The largest absolute Gasteiger partial charge is 0.334 e. The Labute approximate surface area is 160 Å². The van der Waals surface area contributed by atoms with Crippen molar-refractivity contribution in [2.45, 2.75) is 16.3 Å². The Kier molecular flexibility index (Phi) is 5.65. The van der Waals surface area contributed by atoms with Gasteiger partial charge in [-0.3, -0.25) is 4.98 Å². The summed E-state index contributed by atoms with van der Waals surface area (Å²) in [5.74, 6) is -2.37. The summed E-state index contributed by atoms with van der Waals surface area (Å²) >= 11 is 0. The second-order valence-electron chi connectivity index (χ2n) is 5.77. The number of halogens is 2. The van der Waals surface area contributed by atoms with E-state index in [4.69, 9.17) is 0 Å². The lowest BCUT2D eigenvalue weighted by Crippen LogP contribution is -2.28. The van der Waals surface area contributed by atoms with Crippen molar-refractivity contribution < 1.29 is 22.0 Å². The van der Waals surface area contributed by atoms with Crippen molar-refractivity contribution in [1.82, 2.24) is 10.3 Å². The van der Waals surface area contributed by atoms with Crippen LogP contribution in [0.2, 0.25) is 0 Å². The molecule has 1 heterocycles. The third kappa shape index (κ3) is 4.49. The fraction of sp³-hybridized carbons (Fsp3) is 0.0526. The summed E-state index contributed by atoms with van der Waals surface area (Å²) in [4.78, 5) is 15.4. The van der Waals surface area contributed by atoms with Crippen molar-refractivity contribution in [2.75, 3.05) is 5.32 Å². The van der Waals surface area contributed by atoms with Gasteiger partial charge in [-0.2, -0.15) is 0 Å². The Morgan fingerprint density at radius 2 is 1.68 bits per heavy atom. The average Bonchev–Trinajstić information content (AvgIpc) is 2.69. The van der Waals surface area contributed by atoms with Gasteiger partial charge in [0.15, 0.2) is 11.6 Å². The van der Waals surface area contributed by atoms with Crippen LogP contribution in [0.4, 0.5) is 19.3 Å². The van der Waals surface area contributed by atoms with E-state index in [1.165, 1.54) is 24.3 Å². The van der Waals surface area contributed by atoms with Gasteiger partial charge in [0.2, 0.25) is 9.84 Å². The maximum absolute atomic E-state index is 13.3. The van der Waals surface area contributed by atoms with E-state index >= 15 is 0 Å². The zero-order valence-electron chi connectivity index (χ0n) is 14.4. The summed E-state index contributed by atoms with van der Waals surface area (Å²) in [7, 11) is -4.01. The molecule has 2 aromatic carbocycles. The van der Waals surface area contributed by atoms with Crippen molar-refractivity contribution in [3.8, 4) is 0 Å². The van der Waals surface area contributed by atoms with Gasteiger partial charge in [0.05, 0.1) is 9.79 Å². The fourth-order valence-corrected chi connectivity index (χ4v) is 3.63. The molecule has 3 rings (SSSR count). The highest BCUT2D eigenvalue weighted by molar-refractivity contribution is 7.91. The van der Waals surface area contributed by atoms with E-state index in [1.807, 2.05) is 6.07 Å². The second kappa shape index (κ2) is 8.13. The quantitative estimate of drug-likeness (QED) is 0.638. The first-order chi connectivity index (χ1) is 13.4. The van der Waals surface area contributed by atoms with Crippen LogP contribution in [0.1, 0.15) is 5.56 Å². The zero-order chi connectivity index (χ0) is 20.1. The van der Waals surface area contributed by atoms with Crippen LogP contribution >= 0.6 is 0 Å². The molecule has 0 saturated heterocycles. The standard InChI is InChI=1S/C19H15F2N3O3S/c20-17-8-7-16(10-18(17)21)28(26,27)15-5-3-14(4-6-15)24-19(25)23-12-13-2-1-9-22-11-13/h1-11H,12H2,(H2,23,24,25). The lowest BCUT2D eigenvalue weighted by Gasteiger charge is -2.09. The lowest BCUT2D eigenvalue weighted by molar-refractivity contribution is 0.251. The molecule has 2 amide bonds. The van der Waals surface area contributed by atoms with Crippen molar-refractivity contribution >= 4 is 21.6 Å². The molecular weight excluding hydrogens is 388 g/mol. The number of hydrogen-bond acceptors (Lipinski definition) is 4. The fourth-order valence-electron chi connectivity index (χ4n) is 2.36. The summed E-state index contributed by atoms with van der Waals surface area (Å²) < 4.78 is 51.3. The molecule has 0 unspecified atom stereocenters. The molecule has 0 spiro atoms. The number of carbonyl (C=O) groups excluding carboxylic acids is 1. The second-order valence-corrected chi connectivity index (χ2v) is 7.72. The van der Waals surface area contributed by atoms with Gasteiger partial charge in [-0.15, -0.1) is 0 Å². The molecule has 144 valence electrons. The van der Waals surface area contributed by atoms with Crippen LogP contribution in [-0.4, -0.2) is 19.4 Å². The Hall–Kier alpha value is -3.33. The summed E-state index contributed by atoms with van der Waals surface area (Å²) in [6.45, 7) is 0.280. The van der Waals surface area contributed by atoms with Crippen LogP contribution < -0.4 is 10.6 Å². The molecule has 0 aliphatic rings. The first kappa shape index (κ1) is 19.4. The molecule has 6 nitrogen and oxygen atoms in total. The number of rotatable bonds is 5. The minimum absolute atomic E-state index is 0.111. The summed E-state index contributed by atoms with van der Waals surface area (Å²) in [6, 6.07) is 10.8. The lowest BCUT2D eigenvalue weighted by atomic mass is 10.3. The van der Waals surface area contributed by atoms with E-state index in [0.29, 0.717) is 11.8 Å². The Morgan fingerprint density at radius 3 is 2.32 bits per heavy atom. The van der Waals surface area contributed by atoms with Gasteiger partial charge < -0.3 is 10.6 Å². The number of aromatic nitrogens is 1. The van der Waals surface area contributed by atoms with Crippen LogP contribution in [0.5, 0.6) is 0 Å². The Morgan fingerprint density at radius 1 is 0.964 bits per heavy atom. The SMILES string of the molecule is O=C(NCc1cccnc1)Nc1ccc(S(=O)(=O)c2ccc(F)c(F)c2)cc1. The molecule has 0 fully saturated rings. The smallest absolute Gasteiger partial charge is 0.319 e. The van der Waals surface area contributed by atoms with Crippen molar-refractivity contribution in [1.29, 1.82) is 0 Å². The molecule has 0 aliphatic heterocycles. The first-order valence-electron chi connectivity index (χ1n) is 8.10. The monoisotopic (exact) mass is 403 g/mol. The van der Waals surface area contributed by atoms with Crippen LogP contribution in [0.25, 0.3) is 0 Å². The number of anilines is 1. The number of pyridine rings is 1. The van der Waals surface area contributed by atoms with Gasteiger partial charge in [-0.25, -0.2) is 22.0 Å². The maximum atomic E-state index is 13.3. The summed E-state index contributed by atoms with van der Waals surface area (Å²) in [5.41, 5.74) is 1.19. The molecular formula is C19H15F2N3O3S. The topological polar surface area (TPSA) is 88.2 Å².